The smallest absolute Gasteiger partial charge is 0.305 e. The molecule has 0 fully saturated rings. The molecule has 2 N–H and O–H groups in total. The van der Waals surface area contributed by atoms with E-state index >= 15 is 0 Å². The predicted molar refractivity (Wildman–Crippen MR) is 98.4 cm³/mol. The minimum absolute atomic E-state index is 0.0596. The topological polar surface area (TPSA) is 91.2 Å². The van der Waals surface area contributed by atoms with Crippen LogP contribution in [0.5, 0.6) is 0 Å². The van der Waals surface area contributed by atoms with Crippen molar-refractivity contribution in [3.8, 4) is 0 Å². The van der Waals surface area contributed by atoms with Crippen molar-refractivity contribution in [3.63, 3.8) is 0 Å². The summed E-state index contributed by atoms with van der Waals surface area (Å²) in [4.78, 5) is 27.1. The Bertz CT molecular complexity index is 367. The van der Waals surface area contributed by atoms with Gasteiger partial charge in [-0.3, -0.25) is 9.59 Å². The van der Waals surface area contributed by atoms with Gasteiger partial charge in [0.1, 0.15) is 6.10 Å². The molecule has 0 bridgehead atoms. The molecule has 7 heteroatoms. The van der Waals surface area contributed by atoms with Crippen LogP contribution in [-0.2, 0) is 14.3 Å². The number of hydrogen-bond donors (Lipinski definition) is 2. The molecule has 2 atom stereocenters. The molecular formula is C17H35N3O4. The van der Waals surface area contributed by atoms with Crippen LogP contribution in [-0.4, -0.2) is 74.2 Å². The average molecular weight is 345 g/mol. The van der Waals surface area contributed by atoms with E-state index in [9.17, 15) is 9.59 Å². The zero-order valence-corrected chi connectivity index (χ0v) is 16.3. The van der Waals surface area contributed by atoms with Crippen molar-refractivity contribution < 1.29 is 19.4 Å². The molecule has 142 valence electrons. The Labute approximate surface area is 146 Å². The van der Waals surface area contributed by atoms with Gasteiger partial charge in [0, 0.05) is 33.5 Å². The summed E-state index contributed by atoms with van der Waals surface area (Å²) in [6.45, 7) is 11.4. The molecule has 0 heterocycles. The van der Waals surface area contributed by atoms with Crippen molar-refractivity contribution in [3.05, 3.63) is 6.58 Å². The molecule has 0 rings (SSSR count). The van der Waals surface area contributed by atoms with Crippen molar-refractivity contribution in [2.75, 3.05) is 34.2 Å². The van der Waals surface area contributed by atoms with Crippen LogP contribution in [0.4, 0.5) is 0 Å². The number of hydrogen-bond acceptors (Lipinski definition) is 6. The quantitative estimate of drug-likeness (QED) is 0.535. The molecule has 0 radical (unpaired) electrons. The van der Waals surface area contributed by atoms with Gasteiger partial charge >= 0.3 is 5.97 Å². The summed E-state index contributed by atoms with van der Waals surface area (Å²) < 4.78 is 5.03. The molecule has 0 aromatic rings. The first-order valence-electron chi connectivity index (χ1n) is 8.06. The number of nitrogens with one attached hydrogen (secondary N) is 1. The summed E-state index contributed by atoms with van der Waals surface area (Å²) >= 11 is 0. The van der Waals surface area contributed by atoms with Crippen LogP contribution < -0.4 is 5.32 Å². The number of carbonyl (C=O) groups excluding carboxylic acids is 2. The molecule has 0 aromatic heterocycles. The van der Waals surface area contributed by atoms with Crippen LogP contribution in [0.1, 0.15) is 40.5 Å². The van der Waals surface area contributed by atoms with Crippen LogP contribution in [0, 0.1) is 0 Å². The van der Waals surface area contributed by atoms with Gasteiger partial charge in [0.25, 0.3) is 0 Å². The molecule has 0 aliphatic rings. The van der Waals surface area contributed by atoms with E-state index in [1.54, 1.807) is 39.8 Å². The average Bonchev–Trinajstić information content (AvgIpc) is 2.54. The molecule has 0 aromatic carbocycles. The van der Waals surface area contributed by atoms with E-state index in [0.29, 0.717) is 25.9 Å². The minimum Gasteiger partial charge on any atom is -0.461 e. The van der Waals surface area contributed by atoms with Crippen LogP contribution >= 0.6 is 0 Å². The normalized spacial score (nSPS) is 11.3. The van der Waals surface area contributed by atoms with Crippen molar-refractivity contribution in [1.29, 1.82) is 0 Å². The second-order valence-corrected chi connectivity index (χ2v) is 5.07. The number of likely N-dealkylation sites (N-methyl/N-ethyl adjacent to an activating group) is 2. The maximum absolute atomic E-state index is 11.2. The summed E-state index contributed by atoms with van der Waals surface area (Å²) in [5.74, 6) is 2.14. The summed E-state index contributed by atoms with van der Waals surface area (Å²) in [5, 5.41) is 11.3. The molecule has 0 aliphatic carbocycles. The van der Waals surface area contributed by atoms with E-state index in [1.165, 1.54) is 0 Å². The highest BCUT2D eigenvalue weighted by molar-refractivity contribution is 5.75. The van der Waals surface area contributed by atoms with E-state index in [-0.39, 0.29) is 24.1 Å². The minimum atomic E-state index is -0.233. The first-order chi connectivity index (χ1) is 11.2. The summed E-state index contributed by atoms with van der Waals surface area (Å²) in [5.41, 5.74) is 0. The third-order valence-corrected chi connectivity index (χ3v) is 2.54. The number of ether oxygens (including phenoxy) is 1. The molecule has 0 aliphatic heterocycles. The Morgan fingerprint density at radius 1 is 1.33 bits per heavy atom. The highest BCUT2D eigenvalue weighted by atomic mass is 16.5. The molecule has 1 amide bonds. The lowest BCUT2D eigenvalue weighted by Crippen LogP contribution is -2.34. The number of amides is 1. The van der Waals surface area contributed by atoms with E-state index in [1.807, 2.05) is 14.0 Å². The first-order valence-corrected chi connectivity index (χ1v) is 8.06. The Hall–Kier alpha value is -1.69. The summed E-state index contributed by atoms with van der Waals surface area (Å²) in [6, 6.07) is 0. The standard InChI is InChI=1S/C10H19NO3.C4H11NO.C3H5N/c1-5-9(12)11(4)7-8(3)14-10(13)6-2;1-4(6)3-5-2;1-3-4-2/h8H,5-7H2,1-4H3;4-6H,3H2,1-2H3;1H2,2H3. The fraction of sp³-hybridized carbons (Fsp3) is 0.765. The van der Waals surface area contributed by atoms with E-state index in [2.05, 4.69) is 22.8 Å². The number of esters is 1. The van der Waals surface area contributed by atoms with Crippen LogP contribution in [0.15, 0.2) is 11.6 Å². The van der Waals surface area contributed by atoms with Gasteiger partial charge in [0.15, 0.2) is 0 Å². The molecule has 24 heavy (non-hydrogen) atoms. The van der Waals surface area contributed by atoms with E-state index in [0.717, 1.165) is 0 Å². The lowest BCUT2D eigenvalue weighted by Gasteiger charge is -2.21. The number of carbonyl (C=O) groups is 2. The monoisotopic (exact) mass is 345 g/mol. The number of aliphatic hydroxyl groups excluding tert-OH is 1. The molecular weight excluding hydrogens is 310 g/mol. The molecule has 0 saturated heterocycles. The maximum atomic E-state index is 11.2. The number of rotatable bonds is 7. The number of aliphatic hydroxyl groups is 1. The van der Waals surface area contributed by atoms with E-state index in [4.69, 9.17) is 9.84 Å². The molecule has 7 nitrogen and oxygen atoms in total. The Kier molecular flexibility index (Phi) is 21.9. The van der Waals surface area contributed by atoms with Gasteiger partial charge in [-0.05, 0) is 33.3 Å². The van der Waals surface area contributed by atoms with Crippen LogP contribution in [0.25, 0.3) is 0 Å². The highest BCUT2D eigenvalue weighted by Crippen LogP contribution is 1.98. The Balaban J connectivity index is -0.000000363. The fourth-order valence-electron chi connectivity index (χ4n) is 1.40. The van der Waals surface area contributed by atoms with Crippen molar-refractivity contribution in [2.24, 2.45) is 4.99 Å². The first kappa shape index (κ1) is 27.2. The van der Waals surface area contributed by atoms with Gasteiger partial charge in [-0.15, -0.1) is 0 Å². The molecule has 2 unspecified atom stereocenters. The van der Waals surface area contributed by atoms with Gasteiger partial charge in [-0.25, -0.2) is 4.99 Å². The van der Waals surface area contributed by atoms with Crippen molar-refractivity contribution >= 4 is 17.7 Å². The molecule has 0 spiro atoms. The second kappa shape index (κ2) is 19.4. The second-order valence-electron chi connectivity index (χ2n) is 5.07. The van der Waals surface area contributed by atoms with Crippen molar-refractivity contribution in [2.45, 2.75) is 52.7 Å². The van der Waals surface area contributed by atoms with Gasteiger partial charge in [-0.2, -0.15) is 0 Å². The van der Waals surface area contributed by atoms with Crippen molar-refractivity contribution in [1.82, 2.24) is 10.2 Å². The fourth-order valence-corrected chi connectivity index (χ4v) is 1.40. The molecule has 0 saturated carbocycles. The number of aliphatic imine (C=N–C) groups is 1. The summed E-state index contributed by atoms with van der Waals surface area (Å²) in [6.07, 6.45) is 0.402. The number of nitrogens with zero attached hydrogens (tertiary/aromatic N) is 2. The maximum Gasteiger partial charge on any atom is 0.305 e. The van der Waals surface area contributed by atoms with Gasteiger partial charge in [-0.1, -0.05) is 13.8 Å². The van der Waals surface area contributed by atoms with Gasteiger partial charge in [0.2, 0.25) is 5.91 Å². The Morgan fingerprint density at radius 2 is 1.83 bits per heavy atom. The zero-order chi connectivity index (χ0) is 19.5. The summed E-state index contributed by atoms with van der Waals surface area (Å²) in [7, 11) is 5.15. The third kappa shape index (κ3) is 22.6. The lowest BCUT2D eigenvalue weighted by atomic mass is 10.3. The SMILES string of the molecule is C=C=NC.CCC(=O)OC(C)CN(C)C(=O)CC.CNCC(C)O. The third-order valence-electron chi connectivity index (χ3n) is 2.54. The lowest BCUT2D eigenvalue weighted by molar-refractivity contribution is -0.150. The van der Waals surface area contributed by atoms with E-state index < -0.39 is 0 Å². The largest absolute Gasteiger partial charge is 0.461 e. The van der Waals surface area contributed by atoms with Gasteiger partial charge in [0.05, 0.1) is 12.6 Å². The van der Waals surface area contributed by atoms with Crippen LogP contribution in [0.3, 0.4) is 0 Å². The Morgan fingerprint density at radius 3 is 2.08 bits per heavy atom. The van der Waals surface area contributed by atoms with Crippen LogP contribution in [0.2, 0.25) is 0 Å². The van der Waals surface area contributed by atoms with Gasteiger partial charge < -0.3 is 20.1 Å². The zero-order valence-electron chi connectivity index (χ0n) is 16.3. The predicted octanol–water partition coefficient (Wildman–Crippen LogP) is 1.26. The highest BCUT2D eigenvalue weighted by Gasteiger charge is 2.13.